The fraction of sp³-hybridized carbons (Fsp3) is 0.310. The van der Waals surface area contributed by atoms with Gasteiger partial charge in [-0.1, -0.05) is 58.4 Å². The van der Waals surface area contributed by atoms with Gasteiger partial charge < -0.3 is 15.0 Å². The SMILES string of the molecule is COc1cccc(CN(C(=O)CN(c2ccc(Br)cc2)S(C)(=O)=O)C(Cc2ccccc2)C(=O)NC(C)C)c1. The Hall–Kier alpha value is -3.37. The van der Waals surface area contributed by atoms with Gasteiger partial charge in [0.15, 0.2) is 0 Å². The zero-order valence-corrected chi connectivity index (χ0v) is 24.9. The van der Waals surface area contributed by atoms with E-state index in [4.69, 9.17) is 4.74 Å². The summed E-state index contributed by atoms with van der Waals surface area (Å²) in [5.41, 5.74) is 1.96. The van der Waals surface area contributed by atoms with E-state index < -0.39 is 28.5 Å². The summed E-state index contributed by atoms with van der Waals surface area (Å²) in [4.78, 5) is 29.0. The zero-order chi connectivity index (χ0) is 28.6. The molecule has 2 amide bonds. The Morgan fingerprint density at radius 3 is 2.18 bits per heavy atom. The molecule has 10 heteroatoms. The maximum Gasteiger partial charge on any atom is 0.244 e. The fourth-order valence-corrected chi connectivity index (χ4v) is 5.24. The van der Waals surface area contributed by atoms with Gasteiger partial charge in [-0.05, 0) is 61.4 Å². The average Bonchev–Trinajstić information content (AvgIpc) is 2.89. The summed E-state index contributed by atoms with van der Waals surface area (Å²) < 4.78 is 32.8. The number of ether oxygens (including phenoxy) is 1. The van der Waals surface area contributed by atoms with Gasteiger partial charge in [-0.25, -0.2) is 8.42 Å². The monoisotopic (exact) mass is 615 g/mol. The van der Waals surface area contributed by atoms with Crippen molar-refractivity contribution < 1.29 is 22.7 Å². The molecule has 0 aromatic heterocycles. The number of nitrogens with one attached hydrogen (secondary N) is 1. The second-order valence-corrected chi connectivity index (χ2v) is 12.3. The van der Waals surface area contributed by atoms with Crippen molar-refractivity contribution in [2.45, 2.75) is 38.9 Å². The van der Waals surface area contributed by atoms with Crippen molar-refractivity contribution in [2.24, 2.45) is 0 Å². The summed E-state index contributed by atoms with van der Waals surface area (Å²) in [5.74, 6) is -0.218. The van der Waals surface area contributed by atoms with Crippen molar-refractivity contribution in [1.29, 1.82) is 0 Å². The molecule has 0 heterocycles. The molecule has 0 spiro atoms. The highest BCUT2D eigenvalue weighted by Gasteiger charge is 2.33. The Balaban J connectivity index is 2.06. The highest BCUT2D eigenvalue weighted by molar-refractivity contribution is 9.10. The van der Waals surface area contributed by atoms with Crippen LogP contribution < -0.4 is 14.4 Å². The van der Waals surface area contributed by atoms with Crippen LogP contribution in [0.15, 0.2) is 83.3 Å². The fourth-order valence-electron chi connectivity index (χ4n) is 4.12. The van der Waals surface area contributed by atoms with Crippen molar-refractivity contribution in [3.05, 3.63) is 94.5 Å². The topological polar surface area (TPSA) is 96.0 Å². The van der Waals surface area contributed by atoms with Crippen molar-refractivity contribution in [3.63, 3.8) is 0 Å². The van der Waals surface area contributed by atoms with Crippen LogP contribution in [-0.4, -0.2) is 57.1 Å². The highest BCUT2D eigenvalue weighted by Crippen LogP contribution is 2.23. The second-order valence-electron chi connectivity index (χ2n) is 9.49. The van der Waals surface area contributed by atoms with E-state index in [-0.39, 0.29) is 24.9 Å². The first-order valence-corrected chi connectivity index (χ1v) is 15.1. The van der Waals surface area contributed by atoms with E-state index in [0.717, 1.165) is 26.2 Å². The van der Waals surface area contributed by atoms with Crippen molar-refractivity contribution >= 4 is 43.5 Å². The molecule has 0 aliphatic carbocycles. The van der Waals surface area contributed by atoms with Crippen LogP contribution in [0.2, 0.25) is 0 Å². The molecule has 8 nitrogen and oxygen atoms in total. The molecule has 3 aromatic carbocycles. The number of rotatable bonds is 12. The molecule has 3 aromatic rings. The van der Waals surface area contributed by atoms with E-state index in [1.165, 1.54) is 4.90 Å². The quantitative estimate of drug-likeness (QED) is 0.326. The number of halogens is 1. The number of amides is 2. The van der Waals surface area contributed by atoms with Crippen molar-refractivity contribution in [3.8, 4) is 5.75 Å². The molecular formula is C29H34BrN3O5S. The lowest BCUT2D eigenvalue weighted by atomic mass is 10.0. The number of carbonyl (C=O) groups is 2. The minimum atomic E-state index is -3.82. The average molecular weight is 617 g/mol. The van der Waals surface area contributed by atoms with Crippen LogP contribution in [0.1, 0.15) is 25.0 Å². The van der Waals surface area contributed by atoms with Crippen LogP contribution in [0.25, 0.3) is 0 Å². The predicted molar refractivity (Wildman–Crippen MR) is 157 cm³/mol. The van der Waals surface area contributed by atoms with Crippen LogP contribution in [0.3, 0.4) is 0 Å². The van der Waals surface area contributed by atoms with Crippen LogP contribution >= 0.6 is 15.9 Å². The summed E-state index contributed by atoms with van der Waals surface area (Å²) in [5, 5.41) is 2.93. The first kappa shape index (κ1) is 30.2. The Labute approximate surface area is 239 Å². The van der Waals surface area contributed by atoms with Crippen molar-refractivity contribution in [2.75, 3.05) is 24.2 Å². The highest BCUT2D eigenvalue weighted by atomic mass is 79.9. The normalized spacial score (nSPS) is 12.1. The van der Waals surface area contributed by atoms with Gasteiger partial charge in [-0.3, -0.25) is 13.9 Å². The number of anilines is 1. The first-order valence-electron chi connectivity index (χ1n) is 12.5. The number of benzene rings is 3. The molecule has 0 fully saturated rings. The van der Waals surface area contributed by atoms with Gasteiger partial charge in [0.2, 0.25) is 21.8 Å². The molecule has 0 bridgehead atoms. The van der Waals surface area contributed by atoms with Crippen LogP contribution in [-0.2, 0) is 32.6 Å². The van der Waals surface area contributed by atoms with Crippen LogP contribution in [0, 0.1) is 0 Å². The van der Waals surface area contributed by atoms with Gasteiger partial charge in [0.25, 0.3) is 0 Å². The Bertz CT molecular complexity index is 1370. The third-order valence-corrected chi connectivity index (χ3v) is 7.65. The lowest BCUT2D eigenvalue weighted by Crippen LogP contribution is -2.54. The van der Waals surface area contributed by atoms with E-state index in [9.17, 15) is 18.0 Å². The number of sulfonamides is 1. The summed E-state index contributed by atoms with van der Waals surface area (Å²) in [6.45, 7) is 3.32. The summed E-state index contributed by atoms with van der Waals surface area (Å²) in [6, 6.07) is 22.3. The standard InChI is InChI=1S/C29H34BrN3O5S/c1-21(2)31-29(35)27(18-22-9-6-5-7-10-22)32(19-23-11-8-12-26(17-23)38-3)28(34)20-33(39(4,36)37)25-15-13-24(30)14-16-25/h5-17,21,27H,18-20H2,1-4H3,(H,31,35). The lowest BCUT2D eigenvalue weighted by molar-refractivity contribution is -0.140. The summed E-state index contributed by atoms with van der Waals surface area (Å²) in [7, 11) is -2.26. The number of methoxy groups -OCH3 is 1. The van der Waals surface area contributed by atoms with Crippen LogP contribution in [0.4, 0.5) is 5.69 Å². The van der Waals surface area contributed by atoms with Crippen LogP contribution in [0.5, 0.6) is 5.75 Å². The van der Waals surface area contributed by atoms with Gasteiger partial charge in [0.1, 0.15) is 18.3 Å². The predicted octanol–water partition coefficient (Wildman–Crippen LogP) is 4.39. The lowest BCUT2D eigenvalue weighted by Gasteiger charge is -2.34. The van der Waals surface area contributed by atoms with Gasteiger partial charge >= 0.3 is 0 Å². The molecular weight excluding hydrogens is 582 g/mol. The number of nitrogens with zero attached hydrogens (tertiary/aromatic N) is 2. The molecule has 0 radical (unpaired) electrons. The molecule has 208 valence electrons. The minimum Gasteiger partial charge on any atom is -0.497 e. The largest absolute Gasteiger partial charge is 0.497 e. The van der Waals surface area contributed by atoms with Gasteiger partial charge in [0.05, 0.1) is 19.1 Å². The summed E-state index contributed by atoms with van der Waals surface area (Å²) in [6.07, 6.45) is 1.31. The maximum atomic E-state index is 14.0. The zero-order valence-electron chi connectivity index (χ0n) is 22.5. The van der Waals surface area contributed by atoms with Crippen molar-refractivity contribution in [1.82, 2.24) is 10.2 Å². The van der Waals surface area contributed by atoms with E-state index in [1.54, 1.807) is 43.5 Å². The Morgan fingerprint density at radius 1 is 0.949 bits per heavy atom. The second kappa shape index (κ2) is 13.6. The molecule has 39 heavy (non-hydrogen) atoms. The van der Waals surface area contributed by atoms with Gasteiger partial charge in [-0.15, -0.1) is 0 Å². The van der Waals surface area contributed by atoms with E-state index in [0.29, 0.717) is 11.4 Å². The maximum absolute atomic E-state index is 14.0. The molecule has 1 atom stereocenters. The Morgan fingerprint density at radius 2 is 1.59 bits per heavy atom. The number of hydrogen-bond acceptors (Lipinski definition) is 5. The third kappa shape index (κ3) is 8.83. The molecule has 0 aliphatic heterocycles. The number of hydrogen-bond donors (Lipinski definition) is 1. The molecule has 1 unspecified atom stereocenters. The molecule has 1 N–H and O–H groups in total. The number of carbonyl (C=O) groups excluding carboxylic acids is 2. The van der Waals surface area contributed by atoms with Gasteiger partial charge in [-0.2, -0.15) is 0 Å². The Kier molecular flexibility index (Phi) is 10.5. The summed E-state index contributed by atoms with van der Waals surface area (Å²) >= 11 is 3.36. The molecule has 0 saturated heterocycles. The van der Waals surface area contributed by atoms with E-state index in [2.05, 4.69) is 21.2 Å². The minimum absolute atomic E-state index is 0.0803. The third-order valence-electron chi connectivity index (χ3n) is 5.98. The molecule has 0 saturated carbocycles. The van der Waals surface area contributed by atoms with Gasteiger partial charge in [0, 0.05) is 23.5 Å². The van der Waals surface area contributed by atoms with E-state index in [1.807, 2.05) is 56.3 Å². The molecule has 3 rings (SSSR count). The smallest absolute Gasteiger partial charge is 0.244 e. The molecule has 0 aliphatic rings. The van der Waals surface area contributed by atoms with E-state index >= 15 is 0 Å². The first-order chi connectivity index (χ1) is 18.5.